The molecule has 1 aromatic heterocycles. The number of benzene rings is 1. The Hall–Kier alpha value is -1.79. The number of aliphatic hydroxyl groups is 1. The maximum Gasteiger partial charge on any atom is 0.319 e. The first kappa shape index (κ1) is 14.6. The number of furan rings is 1. The van der Waals surface area contributed by atoms with Crippen LogP contribution < -0.4 is 10.6 Å². The molecule has 0 aliphatic rings. The van der Waals surface area contributed by atoms with Gasteiger partial charge in [-0.2, -0.15) is 0 Å². The zero-order valence-electron chi connectivity index (χ0n) is 10.9. The number of hydrogen-bond donors (Lipinski definition) is 3. The van der Waals surface area contributed by atoms with Gasteiger partial charge in [0.2, 0.25) is 0 Å². The third-order valence-corrected chi connectivity index (χ3v) is 3.26. The molecule has 1 heterocycles. The van der Waals surface area contributed by atoms with Gasteiger partial charge in [-0.3, -0.25) is 0 Å². The first-order valence-corrected chi connectivity index (χ1v) is 6.88. The number of halogens is 1. The van der Waals surface area contributed by atoms with E-state index in [1.165, 1.54) is 6.26 Å². The van der Waals surface area contributed by atoms with Crippen molar-refractivity contribution in [3.05, 3.63) is 52.4 Å². The van der Waals surface area contributed by atoms with Gasteiger partial charge in [-0.25, -0.2) is 4.79 Å². The fourth-order valence-electron chi connectivity index (χ4n) is 1.70. The molecule has 2 rings (SSSR count). The highest BCUT2D eigenvalue weighted by Gasteiger charge is 2.12. The molecule has 0 aliphatic heterocycles. The van der Waals surface area contributed by atoms with Gasteiger partial charge in [0.1, 0.15) is 11.9 Å². The maximum atomic E-state index is 11.7. The van der Waals surface area contributed by atoms with E-state index in [1.807, 2.05) is 25.1 Å². The van der Waals surface area contributed by atoms with Gasteiger partial charge in [0, 0.05) is 10.2 Å². The van der Waals surface area contributed by atoms with Crippen molar-refractivity contribution in [2.24, 2.45) is 0 Å². The lowest BCUT2D eigenvalue weighted by Gasteiger charge is -2.12. The van der Waals surface area contributed by atoms with Crippen LogP contribution >= 0.6 is 15.9 Å². The second kappa shape index (κ2) is 6.58. The number of rotatable bonds is 4. The molecule has 2 amide bonds. The molecule has 2 aromatic rings. The van der Waals surface area contributed by atoms with Crippen molar-refractivity contribution in [2.45, 2.75) is 13.0 Å². The van der Waals surface area contributed by atoms with E-state index in [4.69, 9.17) is 4.42 Å². The molecule has 5 nitrogen and oxygen atoms in total. The standard InChI is InChI=1S/C14H15BrN2O3/c1-9-7-10(15)4-5-11(9)17-14(19)16-8-12(18)13-3-2-6-20-13/h2-7,12,18H,8H2,1H3,(H2,16,17,19). The van der Waals surface area contributed by atoms with E-state index in [-0.39, 0.29) is 12.6 Å². The summed E-state index contributed by atoms with van der Waals surface area (Å²) in [6.45, 7) is 1.98. The maximum absolute atomic E-state index is 11.7. The molecular weight excluding hydrogens is 324 g/mol. The highest BCUT2D eigenvalue weighted by atomic mass is 79.9. The Balaban J connectivity index is 1.86. The van der Waals surface area contributed by atoms with Gasteiger partial charge < -0.3 is 20.2 Å². The molecule has 1 aromatic carbocycles. The lowest BCUT2D eigenvalue weighted by molar-refractivity contribution is 0.149. The lowest BCUT2D eigenvalue weighted by Crippen LogP contribution is -2.32. The number of carbonyl (C=O) groups excluding carboxylic acids is 1. The molecule has 1 atom stereocenters. The molecule has 0 radical (unpaired) electrons. The number of carbonyl (C=O) groups is 1. The predicted octanol–water partition coefficient (Wildman–Crippen LogP) is 3.21. The van der Waals surface area contributed by atoms with E-state index >= 15 is 0 Å². The largest absolute Gasteiger partial charge is 0.467 e. The van der Waals surface area contributed by atoms with E-state index in [9.17, 15) is 9.90 Å². The third kappa shape index (κ3) is 3.85. The molecule has 3 N–H and O–H groups in total. The molecule has 0 saturated heterocycles. The van der Waals surface area contributed by atoms with Crippen molar-refractivity contribution in [2.75, 3.05) is 11.9 Å². The van der Waals surface area contributed by atoms with Crippen molar-refractivity contribution in [1.29, 1.82) is 0 Å². The van der Waals surface area contributed by atoms with Gasteiger partial charge in [0.05, 0.1) is 12.8 Å². The zero-order valence-corrected chi connectivity index (χ0v) is 12.5. The van der Waals surface area contributed by atoms with Crippen LogP contribution in [0.3, 0.4) is 0 Å². The van der Waals surface area contributed by atoms with Crippen LogP contribution in [-0.4, -0.2) is 17.7 Å². The summed E-state index contributed by atoms with van der Waals surface area (Å²) in [5.74, 6) is 0.421. The number of hydrogen-bond acceptors (Lipinski definition) is 3. The summed E-state index contributed by atoms with van der Waals surface area (Å²) in [7, 11) is 0. The zero-order chi connectivity index (χ0) is 14.5. The van der Waals surface area contributed by atoms with Gasteiger partial charge in [0.25, 0.3) is 0 Å². The minimum absolute atomic E-state index is 0.0783. The molecule has 0 fully saturated rings. The number of aryl methyl sites for hydroxylation is 1. The fourth-order valence-corrected chi connectivity index (χ4v) is 2.18. The Labute approximate surface area is 125 Å². The molecule has 20 heavy (non-hydrogen) atoms. The van der Waals surface area contributed by atoms with Crippen molar-refractivity contribution in [3.8, 4) is 0 Å². The normalized spacial score (nSPS) is 11.9. The molecule has 0 spiro atoms. The number of aliphatic hydroxyl groups excluding tert-OH is 1. The average Bonchev–Trinajstić information content (AvgIpc) is 2.93. The monoisotopic (exact) mass is 338 g/mol. The Morgan fingerprint density at radius 3 is 2.90 bits per heavy atom. The summed E-state index contributed by atoms with van der Waals surface area (Å²) < 4.78 is 6.00. The highest BCUT2D eigenvalue weighted by Crippen LogP contribution is 2.20. The Kier molecular flexibility index (Phi) is 4.81. The van der Waals surface area contributed by atoms with Gasteiger partial charge >= 0.3 is 6.03 Å². The summed E-state index contributed by atoms with van der Waals surface area (Å²) >= 11 is 3.36. The minimum Gasteiger partial charge on any atom is -0.467 e. The quantitative estimate of drug-likeness (QED) is 0.801. The Morgan fingerprint density at radius 2 is 2.25 bits per heavy atom. The summed E-state index contributed by atoms with van der Waals surface area (Å²) in [6, 6.07) is 8.53. The smallest absolute Gasteiger partial charge is 0.319 e. The van der Waals surface area contributed by atoms with Crippen LogP contribution in [0.1, 0.15) is 17.4 Å². The van der Waals surface area contributed by atoms with Gasteiger partial charge in [-0.1, -0.05) is 15.9 Å². The van der Waals surface area contributed by atoms with Crippen LogP contribution in [0, 0.1) is 6.92 Å². The molecule has 6 heteroatoms. The van der Waals surface area contributed by atoms with Crippen LogP contribution in [0.4, 0.5) is 10.5 Å². The van der Waals surface area contributed by atoms with E-state index in [0.29, 0.717) is 5.76 Å². The van der Waals surface area contributed by atoms with Crippen LogP contribution in [0.25, 0.3) is 0 Å². The summed E-state index contributed by atoms with van der Waals surface area (Å²) in [5, 5.41) is 15.1. The van der Waals surface area contributed by atoms with E-state index < -0.39 is 6.10 Å². The number of nitrogens with one attached hydrogen (secondary N) is 2. The predicted molar refractivity (Wildman–Crippen MR) is 79.6 cm³/mol. The van der Waals surface area contributed by atoms with E-state index in [0.717, 1.165) is 15.7 Å². The fraction of sp³-hybridized carbons (Fsp3) is 0.214. The first-order valence-electron chi connectivity index (χ1n) is 6.08. The van der Waals surface area contributed by atoms with Crippen LogP contribution in [0.15, 0.2) is 45.5 Å². The third-order valence-electron chi connectivity index (χ3n) is 2.76. The number of anilines is 1. The Morgan fingerprint density at radius 1 is 1.45 bits per heavy atom. The van der Waals surface area contributed by atoms with Crippen molar-refractivity contribution in [1.82, 2.24) is 5.32 Å². The summed E-state index contributed by atoms with van der Waals surface area (Å²) in [6.07, 6.45) is 0.617. The first-order chi connectivity index (χ1) is 9.56. The molecular formula is C14H15BrN2O3. The second-order valence-electron chi connectivity index (χ2n) is 4.33. The van der Waals surface area contributed by atoms with Crippen LogP contribution in [-0.2, 0) is 0 Å². The highest BCUT2D eigenvalue weighted by molar-refractivity contribution is 9.10. The molecule has 0 saturated carbocycles. The van der Waals surface area contributed by atoms with Gasteiger partial charge in [-0.15, -0.1) is 0 Å². The number of urea groups is 1. The van der Waals surface area contributed by atoms with E-state index in [1.54, 1.807) is 12.1 Å². The van der Waals surface area contributed by atoms with Gasteiger partial charge in [-0.05, 0) is 42.8 Å². The van der Waals surface area contributed by atoms with Crippen molar-refractivity contribution >= 4 is 27.6 Å². The minimum atomic E-state index is -0.859. The SMILES string of the molecule is Cc1cc(Br)ccc1NC(=O)NCC(O)c1ccco1. The van der Waals surface area contributed by atoms with E-state index in [2.05, 4.69) is 26.6 Å². The summed E-state index contributed by atoms with van der Waals surface area (Å²) in [5.41, 5.74) is 1.67. The Bertz CT molecular complexity index is 584. The van der Waals surface area contributed by atoms with Crippen LogP contribution in [0.2, 0.25) is 0 Å². The second-order valence-corrected chi connectivity index (χ2v) is 5.24. The van der Waals surface area contributed by atoms with Gasteiger partial charge in [0.15, 0.2) is 0 Å². The number of amides is 2. The molecule has 0 aliphatic carbocycles. The topological polar surface area (TPSA) is 74.5 Å². The van der Waals surface area contributed by atoms with Crippen LogP contribution in [0.5, 0.6) is 0 Å². The molecule has 106 valence electrons. The molecule has 0 bridgehead atoms. The molecule has 1 unspecified atom stereocenters. The summed E-state index contributed by atoms with van der Waals surface area (Å²) in [4.78, 5) is 11.7. The average molecular weight is 339 g/mol. The lowest BCUT2D eigenvalue weighted by atomic mass is 10.2. The van der Waals surface area contributed by atoms with Crippen molar-refractivity contribution in [3.63, 3.8) is 0 Å². The van der Waals surface area contributed by atoms with Crippen molar-refractivity contribution < 1.29 is 14.3 Å².